The van der Waals surface area contributed by atoms with Crippen molar-refractivity contribution in [2.24, 2.45) is 17.1 Å². The van der Waals surface area contributed by atoms with Crippen molar-refractivity contribution in [2.45, 2.75) is 58.2 Å². The molecule has 0 saturated heterocycles. The lowest BCUT2D eigenvalue weighted by molar-refractivity contribution is -0.161. The molecule has 132 valence electrons. The van der Waals surface area contributed by atoms with Crippen molar-refractivity contribution < 1.29 is 29.3 Å². The highest BCUT2D eigenvalue weighted by Crippen LogP contribution is 2.42. The van der Waals surface area contributed by atoms with E-state index in [-0.39, 0.29) is 11.5 Å². The maximum Gasteiger partial charge on any atom is 0.331 e. The molecule has 1 amide bonds. The van der Waals surface area contributed by atoms with Gasteiger partial charge in [0.05, 0.1) is 19.1 Å². The number of nitrogens with two attached hydrogens (primary N) is 1. The first-order chi connectivity index (χ1) is 10.6. The standard InChI is InChI=1S/C15H26N2O6/c1-15(2,3)12(8-4-5-8)23-14(22)10(7-18)17-13(21)9(16)6-11(19)20/h8-10,12,18H,4-7,16H2,1-3H3,(H,17,21)(H,19,20)/t9-,10-,12?/m0/s1. The Bertz CT molecular complexity index is 455. The van der Waals surface area contributed by atoms with Crippen LogP contribution >= 0.6 is 0 Å². The van der Waals surface area contributed by atoms with Crippen molar-refractivity contribution in [3.63, 3.8) is 0 Å². The van der Waals surface area contributed by atoms with Gasteiger partial charge in [0, 0.05) is 0 Å². The van der Waals surface area contributed by atoms with Crippen LogP contribution in [0.25, 0.3) is 0 Å². The van der Waals surface area contributed by atoms with Crippen molar-refractivity contribution in [1.29, 1.82) is 0 Å². The molecule has 3 atom stereocenters. The Morgan fingerprint density at radius 3 is 2.26 bits per heavy atom. The maximum absolute atomic E-state index is 12.2. The minimum Gasteiger partial charge on any atom is -0.481 e. The zero-order valence-electron chi connectivity index (χ0n) is 13.7. The highest BCUT2D eigenvalue weighted by Gasteiger charge is 2.42. The van der Waals surface area contributed by atoms with Gasteiger partial charge in [-0.2, -0.15) is 0 Å². The molecule has 0 aromatic rings. The van der Waals surface area contributed by atoms with Crippen LogP contribution in [-0.2, 0) is 19.1 Å². The third-order valence-corrected chi connectivity index (χ3v) is 3.66. The van der Waals surface area contributed by atoms with Crippen LogP contribution in [0.5, 0.6) is 0 Å². The summed E-state index contributed by atoms with van der Waals surface area (Å²) in [5.41, 5.74) is 5.17. The third-order valence-electron chi connectivity index (χ3n) is 3.66. The van der Waals surface area contributed by atoms with Crippen molar-refractivity contribution in [3.05, 3.63) is 0 Å². The van der Waals surface area contributed by atoms with Gasteiger partial charge in [0.15, 0.2) is 6.04 Å². The summed E-state index contributed by atoms with van der Waals surface area (Å²) in [6.07, 6.45) is 1.10. The highest BCUT2D eigenvalue weighted by atomic mass is 16.5. The first kappa shape index (κ1) is 19.4. The summed E-state index contributed by atoms with van der Waals surface area (Å²) < 4.78 is 5.48. The summed E-state index contributed by atoms with van der Waals surface area (Å²) in [4.78, 5) is 34.5. The van der Waals surface area contributed by atoms with E-state index in [9.17, 15) is 19.5 Å². The number of carbonyl (C=O) groups is 3. The van der Waals surface area contributed by atoms with Gasteiger partial charge in [0.2, 0.25) is 5.91 Å². The number of aliphatic hydroxyl groups excluding tert-OH is 1. The summed E-state index contributed by atoms with van der Waals surface area (Å²) in [7, 11) is 0. The smallest absolute Gasteiger partial charge is 0.331 e. The Balaban J connectivity index is 2.64. The molecule has 1 unspecified atom stereocenters. The zero-order valence-corrected chi connectivity index (χ0v) is 13.7. The van der Waals surface area contributed by atoms with Gasteiger partial charge < -0.3 is 26.0 Å². The number of rotatable bonds is 8. The Hall–Kier alpha value is -1.67. The lowest BCUT2D eigenvalue weighted by Crippen LogP contribution is -2.52. The Morgan fingerprint density at radius 1 is 1.30 bits per heavy atom. The molecule has 5 N–H and O–H groups in total. The molecule has 0 aromatic carbocycles. The monoisotopic (exact) mass is 330 g/mol. The SMILES string of the molecule is CC(C)(C)C(OC(=O)[C@H](CO)NC(=O)[C@@H](N)CC(=O)O)C1CC1. The van der Waals surface area contributed by atoms with Crippen molar-refractivity contribution in [1.82, 2.24) is 5.32 Å². The van der Waals surface area contributed by atoms with Gasteiger partial charge >= 0.3 is 11.9 Å². The van der Waals surface area contributed by atoms with E-state index in [0.717, 1.165) is 12.8 Å². The van der Waals surface area contributed by atoms with E-state index < -0.39 is 43.0 Å². The van der Waals surface area contributed by atoms with Gasteiger partial charge in [0.25, 0.3) is 0 Å². The fraction of sp³-hybridized carbons (Fsp3) is 0.800. The van der Waals surface area contributed by atoms with Crippen LogP contribution in [0.4, 0.5) is 0 Å². The lowest BCUT2D eigenvalue weighted by Gasteiger charge is -2.31. The van der Waals surface area contributed by atoms with Crippen molar-refractivity contribution >= 4 is 17.8 Å². The summed E-state index contributed by atoms with van der Waals surface area (Å²) >= 11 is 0. The van der Waals surface area contributed by atoms with E-state index in [0.29, 0.717) is 5.92 Å². The number of aliphatic hydroxyl groups is 1. The first-order valence-corrected chi connectivity index (χ1v) is 7.65. The van der Waals surface area contributed by atoms with Crippen LogP contribution in [0.2, 0.25) is 0 Å². The fourth-order valence-corrected chi connectivity index (χ4v) is 2.33. The maximum atomic E-state index is 12.2. The van der Waals surface area contributed by atoms with Gasteiger partial charge in [-0.3, -0.25) is 9.59 Å². The molecular weight excluding hydrogens is 304 g/mol. The van der Waals surface area contributed by atoms with Gasteiger partial charge in [0.1, 0.15) is 6.10 Å². The summed E-state index contributed by atoms with van der Waals surface area (Å²) in [6, 6.07) is -2.55. The van der Waals surface area contributed by atoms with Crippen LogP contribution in [-0.4, -0.2) is 52.9 Å². The number of nitrogens with one attached hydrogen (secondary N) is 1. The molecule has 0 radical (unpaired) electrons. The number of hydrogen-bond acceptors (Lipinski definition) is 6. The predicted molar refractivity (Wildman–Crippen MR) is 81.3 cm³/mol. The van der Waals surface area contributed by atoms with Gasteiger partial charge in [-0.1, -0.05) is 20.8 Å². The second-order valence-corrected chi connectivity index (χ2v) is 7.01. The van der Waals surface area contributed by atoms with Gasteiger partial charge in [-0.05, 0) is 24.2 Å². The molecule has 1 saturated carbocycles. The summed E-state index contributed by atoms with van der Waals surface area (Å²) in [5.74, 6) is -2.49. The van der Waals surface area contributed by atoms with E-state index in [1.165, 1.54) is 0 Å². The Labute approximate surface area is 135 Å². The number of carbonyl (C=O) groups excluding carboxylic acids is 2. The number of hydrogen-bond donors (Lipinski definition) is 4. The molecule has 0 heterocycles. The van der Waals surface area contributed by atoms with Crippen LogP contribution in [0.1, 0.15) is 40.0 Å². The normalized spacial score (nSPS) is 18.7. The van der Waals surface area contributed by atoms with Gasteiger partial charge in [-0.15, -0.1) is 0 Å². The molecule has 0 spiro atoms. The molecule has 0 aromatic heterocycles. The third kappa shape index (κ3) is 6.15. The van der Waals surface area contributed by atoms with Crippen LogP contribution in [0.15, 0.2) is 0 Å². The summed E-state index contributed by atoms with van der Waals surface area (Å²) in [5, 5.41) is 20.2. The number of esters is 1. The molecule has 0 bridgehead atoms. The zero-order chi connectivity index (χ0) is 17.8. The largest absolute Gasteiger partial charge is 0.481 e. The van der Waals surface area contributed by atoms with E-state index >= 15 is 0 Å². The number of ether oxygens (including phenoxy) is 1. The van der Waals surface area contributed by atoms with E-state index in [2.05, 4.69) is 5.32 Å². The van der Waals surface area contributed by atoms with E-state index in [4.69, 9.17) is 15.6 Å². The second kappa shape index (κ2) is 7.74. The highest BCUT2D eigenvalue weighted by molar-refractivity contribution is 5.89. The van der Waals surface area contributed by atoms with Crippen LogP contribution in [0.3, 0.4) is 0 Å². The Morgan fingerprint density at radius 2 is 1.87 bits per heavy atom. The van der Waals surface area contributed by atoms with Crippen molar-refractivity contribution in [3.8, 4) is 0 Å². The molecule has 1 fully saturated rings. The number of carboxylic acid groups (broad SMARTS) is 1. The lowest BCUT2D eigenvalue weighted by atomic mass is 9.86. The molecule has 1 aliphatic carbocycles. The average molecular weight is 330 g/mol. The minimum atomic E-state index is -1.30. The predicted octanol–water partition coefficient (Wildman–Crippen LogP) is -0.367. The van der Waals surface area contributed by atoms with Crippen LogP contribution in [0, 0.1) is 11.3 Å². The molecule has 1 aliphatic rings. The molecule has 1 rings (SSSR count). The summed E-state index contributed by atoms with van der Waals surface area (Å²) in [6.45, 7) is 5.22. The Kier molecular flexibility index (Phi) is 6.52. The average Bonchev–Trinajstić information content (AvgIpc) is 3.23. The molecule has 23 heavy (non-hydrogen) atoms. The molecule has 8 nitrogen and oxygen atoms in total. The minimum absolute atomic E-state index is 0.249. The van der Waals surface area contributed by atoms with E-state index in [1.807, 2.05) is 20.8 Å². The van der Waals surface area contributed by atoms with E-state index in [1.54, 1.807) is 0 Å². The van der Waals surface area contributed by atoms with Crippen molar-refractivity contribution in [2.75, 3.05) is 6.61 Å². The first-order valence-electron chi connectivity index (χ1n) is 7.65. The molecule has 0 aliphatic heterocycles. The van der Waals surface area contributed by atoms with Gasteiger partial charge in [-0.25, -0.2) is 4.79 Å². The quantitative estimate of drug-likeness (QED) is 0.445. The number of amides is 1. The van der Waals surface area contributed by atoms with Crippen LogP contribution < -0.4 is 11.1 Å². The molecule has 8 heteroatoms. The second-order valence-electron chi connectivity index (χ2n) is 7.01. The topological polar surface area (TPSA) is 139 Å². The molecular formula is C15H26N2O6. The fourth-order valence-electron chi connectivity index (χ4n) is 2.33. The number of carboxylic acids is 1. The number of aliphatic carboxylic acids is 1.